The van der Waals surface area contributed by atoms with Crippen LogP contribution in [-0.2, 0) is 19.6 Å². The molecule has 0 saturated carbocycles. The SMILES string of the molecule is CCOC(=O)C1C(C)NNC1S(=O)(=O)Nc1cccc(OC)c1. The van der Waals surface area contributed by atoms with Crippen molar-refractivity contribution in [3.63, 3.8) is 0 Å². The van der Waals surface area contributed by atoms with E-state index in [-0.39, 0.29) is 12.6 Å². The predicted octanol–water partition coefficient (Wildman–Crippen LogP) is 0.439. The molecule has 2 rings (SSSR count). The number of benzene rings is 1. The Bertz CT molecular complexity index is 664. The molecule has 1 aliphatic rings. The summed E-state index contributed by atoms with van der Waals surface area (Å²) < 4.78 is 37.7. The highest BCUT2D eigenvalue weighted by Gasteiger charge is 2.46. The van der Waals surface area contributed by atoms with E-state index in [9.17, 15) is 13.2 Å². The van der Waals surface area contributed by atoms with Crippen LogP contribution in [-0.4, -0.2) is 39.5 Å². The van der Waals surface area contributed by atoms with Gasteiger partial charge in [0, 0.05) is 12.1 Å². The zero-order chi connectivity index (χ0) is 17.0. The fourth-order valence-corrected chi connectivity index (χ4v) is 3.94. The van der Waals surface area contributed by atoms with Crippen LogP contribution in [0.4, 0.5) is 5.69 Å². The van der Waals surface area contributed by atoms with Crippen molar-refractivity contribution in [1.82, 2.24) is 10.9 Å². The third-order valence-corrected chi connectivity index (χ3v) is 5.14. The molecule has 0 aliphatic carbocycles. The zero-order valence-electron chi connectivity index (χ0n) is 13.2. The molecular weight excluding hydrogens is 322 g/mol. The summed E-state index contributed by atoms with van der Waals surface area (Å²) in [4.78, 5) is 12.1. The third kappa shape index (κ3) is 3.92. The maximum Gasteiger partial charge on any atom is 0.313 e. The number of methoxy groups -OCH3 is 1. The normalized spacial score (nSPS) is 24.2. The van der Waals surface area contributed by atoms with Crippen molar-refractivity contribution in [2.45, 2.75) is 25.3 Å². The number of carbonyl (C=O) groups is 1. The van der Waals surface area contributed by atoms with Gasteiger partial charge in [0.1, 0.15) is 11.7 Å². The van der Waals surface area contributed by atoms with Crippen LogP contribution in [0.1, 0.15) is 13.8 Å². The van der Waals surface area contributed by atoms with Gasteiger partial charge in [-0.05, 0) is 26.0 Å². The van der Waals surface area contributed by atoms with Gasteiger partial charge in [-0.2, -0.15) is 0 Å². The quantitative estimate of drug-likeness (QED) is 0.644. The Hall–Kier alpha value is -1.84. The number of nitrogens with one attached hydrogen (secondary N) is 3. The lowest BCUT2D eigenvalue weighted by Crippen LogP contribution is -2.44. The molecule has 0 spiro atoms. The first-order valence-corrected chi connectivity index (χ1v) is 8.77. The molecule has 3 unspecified atom stereocenters. The maximum absolute atomic E-state index is 12.6. The highest BCUT2D eigenvalue weighted by Crippen LogP contribution is 2.24. The fraction of sp³-hybridized carbons (Fsp3) is 0.500. The molecule has 1 saturated heterocycles. The van der Waals surface area contributed by atoms with Crippen LogP contribution >= 0.6 is 0 Å². The van der Waals surface area contributed by atoms with Crippen molar-refractivity contribution in [2.24, 2.45) is 5.92 Å². The Morgan fingerprint density at radius 3 is 2.74 bits per heavy atom. The van der Waals surface area contributed by atoms with Crippen molar-refractivity contribution < 1.29 is 22.7 Å². The molecule has 0 radical (unpaired) electrons. The van der Waals surface area contributed by atoms with Crippen molar-refractivity contribution >= 4 is 21.7 Å². The lowest BCUT2D eigenvalue weighted by atomic mass is 10.0. The van der Waals surface area contributed by atoms with Gasteiger partial charge in [0.25, 0.3) is 10.0 Å². The van der Waals surface area contributed by atoms with Gasteiger partial charge in [0.05, 0.1) is 19.4 Å². The first kappa shape index (κ1) is 17.5. The number of esters is 1. The number of hydrazine groups is 1. The molecule has 0 bridgehead atoms. The summed E-state index contributed by atoms with van der Waals surface area (Å²) >= 11 is 0. The number of rotatable bonds is 6. The molecule has 1 fully saturated rings. The van der Waals surface area contributed by atoms with Gasteiger partial charge >= 0.3 is 5.97 Å². The van der Waals surface area contributed by atoms with Crippen LogP contribution in [0.3, 0.4) is 0 Å². The Kier molecular flexibility index (Phi) is 5.45. The van der Waals surface area contributed by atoms with Crippen molar-refractivity contribution in [1.29, 1.82) is 0 Å². The van der Waals surface area contributed by atoms with E-state index in [0.29, 0.717) is 11.4 Å². The van der Waals surface area contributed by atoms with E-state index < -0.39 is 27.3 Å². The van der Waals surface area contributed by atoms with E-state index in [4.69, 9.17) is 9.47 Å². The monoisotopic (exact) mass is 343 g/mol. The van der Waals surface area contributed by atoms with Gasteiger partial charge < -0.3 is 9.47 Å². The van der Waals surface area contributed by atoms with Crippen LogP contribution in [0.2, 0.25) is 0 Å². The summed E-state index contributed by atoms with van der Waals surface area (Å²) in [5.41, 5.74) is 5.79. The van der Waals surface area contributed by atoms with Gasteiger partial charge in [-0.1, -0.05) is 6.07 Å². The Morgan fingerprint density at radius 1 is 1.35 bits per heavy atom. The molecule has 9 heteroatoms. The second kappa shape index (κ2) is 7.16. The average molecular weight is 343 g/mol. The molecule has 8 nitrogen and oxygen atoms in total. The van der Waals surface area contributed by atoms with Crippen LogP contribution in [0.5, 0.6) is 5.75 Å². The minimum Gasteiger partial charge on any atom is -0.497 e. The topological polar surface area (TPSA) is 106 Å². The van der Waals surface area contributed by atoms with Crippen LogP contribution < -0.4 is 20.3 Å². The summed E-state index contributed by atoms with van der Waals surface area (Å²) in [7, 11) is -2.37. The molecule has 1 aromatic carbocycles. The number of hydrogen-bond acceptors (Lipinski definition) is 7. The molecule has 3 atom stereocenters. The number of carbonyl (C=O) groups excluding carboxylic acids is 1. The highest BCUT2D eigenvalue weighted by atomic mass is 32.2. The summed E-state index contributed by atoms with van der Waals surface area (Å²) in [5.74, 6) is -0.880. The molecule has 23 heavy (non-hydrogen) atoms. The molecule has 1 aliphatic heterocycles. The van der Waals surface area contributed by atoms with Crippen molar-refractivity contribution in [3.05, 3.63) is 24.3 Å². The molecule has 1 aromatic rings. The van der Waals surface area contributed by atoms with Crippen molar-refractivity contribution in [3.8, 4) is 5.75 Å². The molecule has 128 valence electrons. The van der Waals surface area contributed by atoms with Gasteiger partial charge in [-0.25, -0.2) is 13.8 Å². The summed E-state index contributed by atoms with van der Waals surface area (Å²) in [6, 6.07) is 6.16. The van der Waals surface area contributed by atoms with Crippen molar-refractivity contribution in [2.75, 3.05) is 18.4 Å². The van der Waals surface area contributed by atoms with Gasteiger partial charge in [0.2, 0.25) is 0 Å². The highest BCUT2D eigenvalue weighted by molar-refractivity contribution is 7.93. The minimum absolute atomic E-state index is 0.193. The molecule has 1 heterocycles. The average Bonchev–Trinajstić information content (AvgIpc) is 2.90. The number of sulfonamides is 1. The van der Waals surface area contributed by atoms with E-state index in [1.54, 1.807) is 38.1 Å². The smallest absolute Gasteiger partial charge is 0.313 e. The second-order valence-corrected chi connectivity index (χ2v) is 6.96. The molecule has 0 amide bonds. The number of anilines is 1. The number of hydrogen-bond donors (Lipinski definition) is 3. The van der Waals surface area contributed by atoms with E-state index in [1.807, 2.05) is 0 Å². The first-order chi connectivity index (χ1) is 10.9. The van der Waals surface area contributed by atoms with E-state index in [2.05, 4.69) is 15.6 Å². The molecule has 3 N–H and O–H groups in total. The van der Waals surface area contributed by atoms with E-state index in [1.165, 1.54) is 7.11 Å². The molecule has 0 aromatic heterocycles. The standard InChI is InChI=1S/C14H21N3O5S/c1-4-22-14(18)12-9(2)15-16-13(12)23(19,20)17-10-6-5-7-11(8-10)21-3/h5-9,12-13,15-17H,4H2,1-3H3. The number of ether oxygens (including phenoxy) is 2. The lowest BCUT2D eigenvalue weighted by molar-refractivity contribution is -0.148. The van der Waals surface area contributed by atoms with E-state index in [0.717, 1.165) is 0 Å². The third-order valence-electron chi connectivity index (χ3n) is 3.54. The largest absolute Gasteiger partial charge is 0.497 e. The van der Waals surface area contributed by atoms with Crippen LogP contribution in [0.15, 0.2) is 24.3 Å². The second-order valence-electron chi connectivity index (χ2n) is 5.15. The fourth-order valence-electron chi connectivity index (χ4n) is 2.41. The lowest BCUT2D eigenvalue weighted by Gasteiger charge is -2.20. The van der Waals surface area contributed by atoms with Gasteiger partial charge in [-0.3, -0.25) is 14.9 Å². The van der Waals surface area contributed by atoms with E-state index >= 15 is 0 Å². The van der Waals surface area contributed by atoms with Crippen LogP contribution in [0.25, 0.3) is 0 Å². The summed E-state index contributed by atoms with van der Waals surface area (Å²) in [6.45, 7) is 3.59. The minimum atomic E-state index is -3.86. The van der Waals surface area contributed by atoms with Gasteiger partial charge in [-0.15, -0.1) is 0 Å². The zero-order valence-corrected chi connectivity index (χ0v) is 14.0. The van der Waals surface area contributed by atoms with Gasteiger partial charge in [0.15, 0.2) is 5.37 Å². The Balaban J connectivity index is 2.21. The predicted molar refractivity (Wildman–Crippen MR) is 85.2 cm³/mol. The maximum atomic E-state index is 12.6. The van der Waals surface area contributed by atoms with Crippen LogP contribution in [0, 0.1) is 5.92 Å². The molecular formula is C14H21N3O5S. The summed E-state index contributed by atoms with van der Waals surface area (Å²) in [6.07, 6.45) is 0. The first-order valence-electron chi connectivity index (χ1n) is 7.22. The Labute approximate surface area is 135 Å². The summed E-state index contributed by atoms with van der Waals surface area (Å²) in [5, 5.41) is -1.14. The Morgan fingerprint density at radius 2 is 2.09 bits per heavy atom.